The third kappa shape index (κ3) is 8.16. The molecule has 282 valence electrons. The highest BCUT2D eigenvalue weighted by Crippen LogP contribution is 2.35. The van der Waals surface area contributed by atoms with Crippen molar-refractivity contribution < 1.29 is 33.4 Å². The second-order valence-corrected chi connectivity index (χ2v) is 16.1. The lowest BCUT2D eigenvalue weighted by Gasteiger charge is -2.49. The summed E-state index contributed by atoms with van der Waals surface area (Å²) >= 11 is 0. The van der Waals surface area contributed by atoms with Gasteiger partial charge in [-0.2, -0.15) is 5.10 Å². The highest BCUT2D eigenvalue weighted by molar-refractivity contribution is 5.95. The molecule has 2 aromatic carbocycles. The maximum absolute atomic E-state index is 14.6. The molecule has 3 saturated carbocycles. The number of nitrogens with one attached hydrogen (secondary N) is 2. The number of rotatable bonds is 9. The molecule has 3 aliphatic carbocycles. The van der Waals surface area contributed by atoms with E-state index in [1.165, 1.54) is 17.0 Å². The summed E-state index contributed by atoms with van der Waals surface area (Å²) < 4.78 is 20.6. The SMILES string of the molecule is CC(C)(C)N(C(=O)O)C1CN(C(=O)C2CC2)C1.O=C(NC1CN(C(=O)C2CC2)C1)c1cc(Cc2n[nH]c(=O)c3ccc(OC4CCC4)cc23)ccc1F. The minimum atomic E-state index is -0.902. The van der Waals surface area contributed by atoms with Gasteiger partial charge in [-0.05, 0) is 102 Å². The van der Waals surface area contributed by atoms with Crippen molar-refractivity contribution in [1.29, 1.82) is 0 Å². The predicted molar refractivity (Wildman–Crippen MR) is 193 cm³/mol. The Hall–Kier alpha value is -5.01. The summed E-state index contributed by atoms with van der Waals surface area (Å²) in [6.45, 7) is 7.67. The summed E-state index contributed by atoms with van der Waals surface area (Å²) in [5, 5.41) is 20.0. The fourth-order valence-electron chi connectivity index (χ4n) is 7.12. The van der Waals surface area contributed by atoms with Crippen LogP contribution < -0.4 is 15.6 Å². The largest absolute Gasteiger partial charge is 0.490 e. The van der Waals surface area contributed by atoms with Crippen LogP contribution in [0.2, 0.25) is 0 Å². The van der Waals surface area contributed by atoms with Gasteiger partial charge in [-0.3, -0.25) is 24.1 Å². The molecule has 3 N–H and O–H groups in total. The van der Waals surface area contributed by atoms with Crippen LogP contribution in [0.3, 0.4) is 0 Å². The van der Waals surface area contributed by atoms with Gasteiger partial charge in [-0.15, -0.1) is 0 Å². The highest BCUT2D eigenvalue weighted by atomic mass is 19.1. The lowest BCUT2D eigenvalue weighted by atomic mass is 9.96. The van der Waals surface area contributed by atoms with E-state index in [2.05, 4.69) is 15.5 Å². The van der Waals surface area contributed by atoms with Crippen molar-refractivity contribution in [2.75, 3.05) is 26.2 Å². The van der Waals surface area contributed by atoms with E-state index in [4.69, 9.17) is 4.74 Å². The standard InChI is InChI=1S/C27H27FN4O4.C12H20N2O3/c28-23-9-4-15(10-22(23)25(33)29-17-13-32(14-17)27(35)16-5-6-16)11-24-21-12-19(36-18-2-1-3-18)7-8-20(21)26(34)31-30-24;1-12(2,3)14(11(16)17)9-6-13(7-9)10(15)8-4-5-8/h4,7-10,12,16-18H,1-3,5-6,11,13-14H2,(H,29,33)(H,31,34);8-9H,4-7H2,1-3H3,(H,16,17). The molecule has 0 radical (unpaired) electrons. The van der Waals surface area contributed by atoms with E-state index in [-0.39, 0.29) is 53.0 Å². The molecule has 13 nitrogen and oxygen atoms in total. The Morgan fingerprint density at radius 1 is 0.925 bits per heavy atom. The van der Waals surface area contributed by atoms with Gasteiger partial charge in [0.15, 0.2) is 0 Å². The molecule has 14 heteroatoms. The van der Waals surface area contributed by atoms with Crippen molar-refractivity contribution in [3.8, 4) is 5.75 Å². The molecule has 1 aromatic heterocycles. The van der Waals surface area contributed by atoms with E-state index in [1.807, 2.05) is 26.8 Å². The second kappa shape index (κ2) is 14.4. The Balaban J connectivity index is 0.000000215. The zero-order chi connectivity index (χ0) is 37.6. The van der Waals surface area contributed by atoms with E-state index in [9.17, 15) is 33.5 Å². The molecule has 0 spiro atoms. The lowest BCUT2D eigenvalue weighted by molar-refractivity contribution is -0.141. The zero-order valence-corrected chi connectivity index (χ0v) is 30.4. The maximum atomic E-state index is 14.6. The Morgan fingerprint density at radius 3 is 2.13 bits per heavy atom. The van der Waals surface area contributed by atoms with Gasteiger partial charge in [0.2, 0.25) is 11.8 Å². The van der Waals surface area contributed by atoms with Crippen molar-refractivity contribution in [3.63, 3.8) is 0 Å². The van der Waals surface area contributed by atoms with Crippen LogP contribution in [-0.4, -0.2) is 104 Å². The van der Waals surface area contributed by atoms with Gasteiger partial charge in [0, 0.05) is 55.4 Å². The maximum Gasteiger partial charge on any atom is 0.408 e. The van der Waals surface area contributed by atoms with Crippen LogP contribution in [0.1, 0.15) is 87.3 Å². The summed E-state index contributed by atoms with van der Waals surface area (Å²) in [7, 11) is 0. The van der Waals surface area contributed by atoms with E-state index >= 15 is 0 Å². The Labute approximate surface area is 306 Å². The van der Waals surface area contributed by atoms with Gasteiger partial charge in [0.05, 0.1) is 34.8 Å². The molecule has 2 aliphatic heterocycles. The molecule has 0 bridgehead atoms. The van der Waals surface area contributed by atoms with Gasteiger partial charge in [0.25, 0.3) is 11.5 Å². The van der Waals surface area contributed by atoms with Crippen LogP contribution in [-0.2, 0) is 16.0 Å². The van der Waals surface area contributed by atoms with Crippen LogP contribution in [0.25, 0.3) is 10.8 Å². The molecule has 0 atom stereocenters. The van der Waals surface area contributed by atoms with Gasteiger partial charge < -0.3 is 25.0 Å². The van der Waals surface area contributed by atoms with Gasteiger partial charge >= 0.3 is 6.09 Å². The average molecular weight is 731 g/mol. The van der Waals surface area contributed by atoms with E-state index < -0.39 is 23.4 Å². The van der Waals surface area contributed by atoms with Gasteiger partial charge in [-0.1, -0.05) is 6.07 Å². The number of amides is 4. The van der Waals surface area contributed by atoms with Crippen molar-refractivity contribution >= 4 is 34.6 Å². The topological polar surface area (TPSA) is 165 Å². The number of carbonyl (C=O) groups is 4. The number of nitrogens with zero attached hydrogens (tertiary/aromatic N) is 4. The first-order valence-corrected chi connectivity index (χ1v) is 18.6. The monoisotopic (exact) mass is 730 g/mol. The average Bonchev–Trinajstić information content (AvgIpc) is 3.97. The number of likely N-dealkylation sites (tertiary alicyclic amines) is 2. The number of aromatic nitrogens is 2. The number of hydrogen-bond donors (Lipinski definition) is 3. The summed E-state index contributed by atoms with van der Waals surface area (Å²) in [6.07, 6.45) is 6.69. The molecular weight excluding hydrogens is 683 g/mol. The van der Waals surface area contributed by atoms with Crippen LogP contribution in [0, 0.1) is 17.7 Å². The number of H-pyrrole nitrogens is 1. The first-order valence-electron chi connectivity index (χ1n) is 18.6. The molecule has 2 saturated heterocycles. The molecule has 4 amide bonds. The number of aromatic amines is 1. The molecule has 53 heavy (non-hydrogen) atoms. The fraction of sp³-hybridized carbons (Fsp3) is 0.538. The minimum absolute atomic E-state index is 0.0461. The number of hydrogen-bond acceptors (Lipinski definition) is 7. The molecule has 5 fully saturated rings. The number of carbonyl (C=O) groups excluding carboxylic acids is 3. The van der Waals surface area contributed by atoms with Crippen molar-refractivity contribution in [3.05, 3.63) is 69.4 Å². The number of fused-ring (bicyclic) bond motifs is 1. The number of halogens is 1. The first-order chi connectivity index (χ1) is 25.2. The van der Waals surface area contributed by atoms with Crippen molar-refractivity contribution in [2.24, 2.45) is 11.8 Å². The zero-order valence-electron chi connectivity index (χ0n) is 30.4. The van der Waals surface area contributed by atoms with Crippen LogP contribution in [0.4, 0.5) is 9.18 Å². The third-order valence-corrected chi connectivity index (χ3v) is 10.7. The third-order valence-electron chi connectivity index (χ3n) is 10.7. The molecule has 3 heterocycles. The molecule has 8 rings (SSSR count). The van der Waals surface area contributed by atoms with Crippen LogP contribution in [0.15, 0.2) is 41.2 Å². The molecule has 5 aliphatic rings. The van der Waals surface area contributed by atoms with Crippen LogP contribution >= 0.6 is 0 Å². The van der Waals surface area contributed by atoms with E-state index in [0.29, 0.717) is 60.4 Å². The molecular formula is C39H47FN6O7. The smallest absolute Gasteiger partial charge is 0.408 e. The highest BCUT2D eigenvalue weighted by Gasteiger charge is 2.45. The molecule has 3 aromatic rings. The fourth-order valence-corrected chi connectivity index (χ4v) is 7.12. The van der Waals surface area contributed by atoms with Crippen molar-refractivity contribution in [2.45, 2.75) is 95.9 Å². The second-order valence-electron chi connectivity index (χ2n) is 16.1. The summed E-state index contributed by atoms with van der Waals surface area (Å²) in [6, 6.07) is 9.52. The van der Waals surface area contributed by atoms with E-state index in [1.54, 1.807) is 28.0 Å². The summed E-state index contributed by atoms with van der Waals surface area (Å²) in [4.78, 5) is 65.2. The Bertz CT molecular complexity index is 1970. The first kappa shape index (κ1) is 36.4. The number of benzene rings is 2. The quantitative estimate of drug-likeness (QED) is 0.293. The number of ether oxygens (including phenoxy) is 1. The minimum Gasteiger partial charge on any atom is -0.490 e. The summed E-state index contributed by atoms with van der Waals surface area (Å²) in [5.74, 6) is 0.300. The lowest BCUT2D eigenvalue weighted by Crippen LogP contribution is -2.66. The summed E-state index contributed by atoms with van der Waals surface area (Å²) in [5.41, 5.74) is 0.535. The van der Waals surface area contributed by atoms with Crippen LogP contribution in [0.5, 0.6) is 5.75 Å². The molecule has 0 unspecified atom stereocenters. The normalized spacial score (nSPS) is 18.9. The Kier molecular flexibility index (Phi) is 9.90. The van der Waals surface area contributed by atoms with E-state index in [0.717, 1.165) is 44.9 Å². The van der Waals surface area contributed by atoms with Gasteiger partial charge in [-0.25, -0.2) is 14.3 Å². The number of carboxylic acid groups (broad SMARTS) is 1. The predicted octanol–water partition coefficient (Wildman–Crippen LogP) is 4.32. The van der Waals surface area contributed by atoms with Gasteiger partial charge in [0.1, 0.15) is 11.6 Å². The van der Waals surface area contributed by atoms with Crippen molar-refractivity contribution in [1.82, 2.24) is 30.2 Å². The Morgan fingerprint density at radius 2 is 1.57 bits per heavy atom.